The average Bonchev–Trinajstić information content (AvgIpc) is 3.36. The van der Waals surface area contributed by atoms with E-state index in [0.29, 0.717) is 11.0 Å². The minimum atomic E-state index is -1.03. The Balaban J connectivity index is 1.77. The Hall–Kier alpha value is -2.83. The summed E-state index contributed by atoms with van der Waals surface area (Å²) in [6.45, 7) is 5.71. The molecule has 2 N–H and O–H groups in total. The van der Waals surface area contributed by atoms with Crippen molar-refractivity contribution in [1.29, 1.82) is 5.26 Å². The number of carbonyl (C=O) groups is 1. The van der Waals surface area contributed by atoms with Crippen LogP contribution in [0.3, 0.4) is 0 Å². The zero-order valence-electron chi connectivity index (χ0n) is 16.9. The first-order chi connectivity index (χ1) is 14.4. The van der Waals surface area contributed by atoms with E-state index in [4.69, 9.17) is 0 Å². The van der Waals surface area contributed by atoms with Crippen molar-refractivity contribution < 1.29 is 9.90 Å². The van der Waals surface area contributed by atoms with Crippen molar-refractivity contribution in [2.75, 3.05) is 0 Å². The quantitative estimate of drug-likeness (QED) is 0.446. The van der Waals surface area contributed by atoms with E-state index in [-0.39, 0.29) is 4.91 Å². The highest BCUT2D eigenvalue weighted by atomic mass is 32.2. The molecule has 3 heterocycles. The number of carboxylic acids is 1. The maximum absolute atomic E-state index is 11.8. The number of H-pyrrole nitrogens is 1. The minimum absolute atomic E-state index is 0.139. The third kappa shape index (κ3) is 3.68. The second-order valence-electron chi connectivity index (χ2n) is 7.28. The van der Waals surface area contributed by atoms with Crippen LogP contribution in [-0.4, -0.2) is 30.8 Å². The highest BCUT2D eigenvalue weighted by molar-refractivity contribution is 8.04. The summed E-state index contributed by atoms with van der Waals surface area (Å²) < 4.78 is 2.08. The maximum Gasteiger partial charge on any atom is 0.342 e. The summed E-state index contributed by atoms with van der Waals surface area (Å²) in [4.78, 5) is 17.4. The number of nitrogens with zero attached hydrogens (tertiary/aromatic N) is 4. The fourth-order valence-electron chi connectivity index (χ4n) is 3.81. The maximum atomic E-state index is 11.8. The number of nitriles is 1. The van der Waals surface area contributed by atoms with Gasteiger partial charge in [-0.2, -0.15) is 5.26 Å². The summed E-state index contributed by atoms with van der Waals surface area (Å²) in [6.07, 6.45) is 5.91. The second-order valence-corrected chi connectivity index (χ2v) is 9.38. The largest absolute Gasteiger partial charge is 0.477 e. The van der Waals surface area contributed by atoms with Crippen molar-refractivity contribution in [2.45, 2.75) is 51.6 Å². The van der Waals surface area contributed by atoms with Crippen LogP contribution in [0.2, 0.25) is 0 Å². The Morgan fingerprint density at radius 2 is 2.13 bits per heavy atom. The Morgan fingerprint density at radius 1 is 1.37 bits per heavy atom. The number of hydrogen-bond acceptors (Lipinski definition) is 6. The molecule has 3 aromatic rings. The number of rotatable bonds is 5. The van der Waals surface area contributed by atoms with Crippen molar-refractivity contribution in [3.63, 3.8) is 0 Å². The Kier molecular flexibility index (Phi) is 5.54. The Labute approximate surface area is 182 Å². The van der Waals surface area contributed by atoms with Crippen molar-refractivity contribution in [2.24, 2.45) is 0 Å². The van der Waals surface area contributed by atoms with Crippen LogP contribution >= 0.6 is 23.1 Å². The Morgan fingerprint density at radius 3 is 2.80 bits per heavy atom. The van der Waals surface area contributed by atoms with E-state index in [1.165, 1.54) is 10.4 Å². The molecule has 0 radical (unpaired) electrons. The van der Waals surface area contributed by atoms with E-state index < -0.39 is 5.97 Å². The molecule has 0 fully saturated rings. The molecule has 4 rings (SSSR count). The van der Waals surface area contributed by atoms with Gasteiger partial charge in [0.2, 0.25) is 5.16 Å². The highest BCUT2D eigenvalue weighted by Gasteiger charge is 2.24. The van der Waals surface area contributed by atoms with Gasteiger partial charge >= 0.3 is 5.97 Å². The predicted molar refractivity (Wildman–Crippen MR) is 117 cm³/mol. The number of fused-ring (bicyclic) bond motifs is 1. The molecular weight excluding hydrogens is 418 g/mol. The number of thioether (sulfide) groups is 1. The molecule has 0 bridgehead atoms. The van der Waals surface area contributed by atoms with Crippen LogP contribution in [0.1, 0.15) is 51.6 Å². The van der Waals surface area contributed by atoms with Gasteiger partial charge in [-0.1, -0.05) is 0 Å². The lowest BCUT2D eigenvalue weighted by atomic mass is 9.96. The molecule has 0 atom stereocenters. The molecule has 0 unspecified atom stereocenters. The van der Waals surface area contributed by atoms with Gasteiger partial charge in [0, 0.05) is 16.3 Å². The first-order valence-corrected chi connectivity index (χ1v) is 11.3. The van der Waals surface area contributed by atoms with Crippen LogP contribution < -0.4 is 0 Å². The molecule has 0 aliphatic heterocycles. The van der Waals surface area contributed by atoms with Crippen LogP contribution in [0.5, 0.6) is 0 Å². The molecule has 7 nitrogen and oxygen atoms in total. The van der Waals surface area contributed by atoms with E-state index >= 15 is 0 Å². The van der Waals surface area contributed by atoms with E-state index in [1.54, 1.807) is 24.3 Å². The summed E-state index contributed by atoms with van der Waals surface area (Å²) in [7, 11) is 0. The second kappa shape index (κ2) is 8.13. The third-order valence-electron chi connectivity index (χ3n) is 5.21. The minimum Gasteiger partial charge on any atom is -0.477 e. The van der Waals surface area contributed by atoms with Crippen LogP contribution in [0.4, 0.5) is 0 Å². The molecular formula is C21H21N5O2S2. The number of thiophene rings is 1. The predicted octanol–water partition coefficient (Wildman–Crippen LogP) is 4.55. The molecule has 3 aromatic heterocycles. The molecule has 0 spiro atoms. The number of carboxylic acid groups (broad SMARTS) is 1. The first kappa shape index (κ1) is 20.4. The highest BCUT2D eigenvalue weighted by Crippen LogP contribution is 2.38. The molecule has 0 aromatic carbocycles. The average molecular weight is 440 g/mol. The van der Waals surface area contributed by atoms with Crippen molar-refractivity contribution >= 4 is 35.1 Å². The standard InChI is InChI=1S/C21H21N5O2S2/c1-11-8-14(9-18(20(27)28)30-21-23-13(3)24-25-21)12(2)26(11)19-16(10-22)15-6-4-5-7-17(15)29-19/h8-9H,4-7H2,1-3H3,(H,27,28)(H,23,24,25)/b18-9-. The van der Waals surface area contributed by atoms with Gasteiger partial charge < -0.3 is 9.67 Å². The zero-order valence-corrected chi connectivity index (χ0v) is 18.6. The smallest absolute Gasteiger partial charge is 0.342 e. The van der Waals surface area contributed by atoms with Gasteiger partial charge in [0.05, 0.1) is 5.56 Å². The van der Waals surface area contributed by atoms with Crippen molar-refractivity contribution in [1.82, 2.24) is 19.7 Å². The van der Waals surface area contributed by atoms with Gasteiger partial charge in [-0.05, 0) is 81.5 Å². The Bertz CT molecular complexity index is 1210. The lowest BCUT2D eigenvalue weighted by Crippen LogP contribution is -2.02. The van der Waals surface area contributed by atoms with Gasteiger partial charge in [-0.15, -0.1) is 16.4 Å². The van der Waals surface area contributed by atoms with Gasteiger partial charge in [-0.3, -0.25) is 5.10 Å². The third-order valence-corrected chi connectivity index (χ3v) is 7.37. The lowest BCUT2D eigenvalue weighted by molar-refractivity contribution is -0.131. The zero-order chi connectivity index (χ0) is 21.4. The topological polar surface area (TPSA) is 108 Å². The molecule has 1 aliphatic rings. The molecule has 0 amide bonds. The van der Waals surface area contributed by atoms with Gasteiger partial charge in [0.15, 0.2) is 0 Å². The SMILES string of the molecule is Cc1nc(S/C(=C\c2cc(C)n(-c3sc4c(c3C#N)CCCC4)c2C)C(=O)O)n[nH]1. The fourth-order valence-corrected chi connectivity index (χ4v) is 6.01. The summed E-state index contributed by atoms with van der Waals surface area (Å²) in [6, 6.07) is 4.38. The summed E-state index contributed by atoms with van der Waals surface area (Å²) in [5.74, 6) is -0.400. The van der Waals surface area contributed by atoms with Crippen LogP contribution in [-0.2, 0) is 17.6 Å². The number of aromatic amines is 1. The summed E-state index contributed by atoms with van der Waals surface area (Å²) in [5, 5.41) is 27.6. The normalized spacial score (nSPS) is 13.9. The van der Waals surface area contributed by atoms with Crippen LogP contribution in [0, 0.1) is 32.1 Å². The molecule has 0 saturated carbocycles. The van der Waals surface area contributed by atoms with Gasteiger partial charge in [0.1, 0.15) is 21.8 Å². The van der Waals surface area contributed by atoms with Crippen LogP contribution in [0.15, 0.2) is 16.1 Å². The number of hydrogen-bond donors (Lipinski definition) is 2. The monoisotopic (exact) mass is 439 g/mol. The van der Waals surface area contributed by atoms with Crippen molar-refractivity contribution in [3.8, 4) is 11.1 Å². The van der Waals surface area contributed by atoms with E-state index in [0.717, 1.165) is 65.0 Å². The number of aromatic nitrogens is 4. The molecule has 0 saturated heterocycles. The number of aliphatic carboxylic acids is 1. The van der Waals surface area contributed by atoms with Crippen LogP contribution in [0.25, 0.3) is 11.1 Å². The number of aryl methyl sites for hydroxylation is 3. The van der Waals surface area contributed by atoms with E-state index in [2.05, 4.69) is 25.8 Å². The van der Waals surface area contributed by atoms with Gasteiger partial charge in [-0.25, -0.2) is 9.78 Å². The van der Waals surface area contributed by atoms with E-state index in [1.807, 2.05) is 19.9 Å². The molecule has 9 heteroatoms. The lowest BCUT2D eigenvalue weighted by Gasteiger charge is -2.10. The molecule has 30 heavy (non-hydrogen) atoms. The summed E-state index contributed by atoms with van der Waals surface area (Å²) >= 11 is 2.70. The van der Waals surface area contributed by atoms with E-state index in [9.17, 15) is 15.2 Å². The van der Waals surface area contributed by atoms with Crippen molar-refractivity contribution in [3.05, 3.63) is 49.8 Å². The molecule has 154 valence electrons. The number of nitrogens with one attached hydrogen (secondary N) is 1. The summed E-state index contributed by atoms with van der Waals surface area (Å²) in [5.41, 5.74) is 4.64. The molecule has 1 aliphatic carbocycles. The van der Waals surface area contributed by atoms with Gasteiger partial charge in [0.25, 0.3) is 0 Å². The fraction of sp³-hybridized carbons (Fsp3) is 0.333. The first-order valence-electron chi connectivity index (χ1n) is 9.64.